The highest BCUT2D eigenvalue weighted by Crippen LogP contribution is 2.23. The molecule has 0 amide bonds. The van der Waals surface area contributed by atoms with E-state index in [1.807, 2.05) is 0 Å². The van der Waals surface area contributed by atoms with Gasteiger partial charge in [-0.25, -0.2) is 4.98 Å². The van der Waals surface area contributed by atoms with Gasteiger partial charge in [0.25, 0.3) is 0 Å². The van der Waals surface area contributed by atoms with Crippen LogP contribution in [0.5, 0.6) is 0 Å². The highest BCUT2D eigenvalue weighted by Gasteiger charge is 2.14. The Hall–Kier alpha value is -0.610. The number of rotatable bonds is 2. The average molecular weight is 212 g/mol. The molecule has 0 spiro atoms. The Morgan fingerprint density at radius 1 is 1.36 bits per heavy atom. The molecular weight excluding hydrogens is 196 g/mol. The molecule has 1 aliphatic heterocycles. The van der Waals surface area contributed by atoms with Gasteiger partial charge in [0.2, 0.25) is 0 Å². The summed E-state index contributed by atoms with van der Waals surface area (Å²) < 4.78 is 5.31. The molecule has 1 aromatic heterocycles. The lowest BCUT2D eigenvalue weighted by Gasteiger charge is -2.22. The van der Waals surface area contributed by atoms with Gasteiger partial charge in [0, 0.05) is 24.1 Å². The zero-order valence-electron chi connectivity index (χ0n) is 8.67. The first-order valence-electron chi connectivity index (χ1n) is 5.04. The van der Waals surface area contributed by atoms with Crippen LogP contribution in [0.2, 0.25) is 0 Å². The smallest absolute Gasteiger partial charge is 0.183 e. The van der Waals surface area contributed by atoms with E-state index in [2.05, 4.69) is 24.1 Å². The Balaban J connectivity index is 1.95. The van der Waals surface area contributed by atoms with E-state index >= 15 is 0 Å². The van der Waals surface area contributed by atoms with Crippen molar-refractivity contribution in [2.75, 3.05) is 18.5 Å². The third-order valence-electron chi connectivity index (χ3n) is 2.58. The van der Waals surface area contributed by atoms with Gasteiger partial charge in [-0.3, -0.25) is 0 Å². The molecule has 78 valence electrons. The predicted octanol–water partition coefficient (Wildman–Crippen LogP) is 2.35. The molecule has 1 fully saturated rings. The highest BCUT2D eigenvalue weighted by molar-refractivity contribution is 7.15. The molecule has 2 rings (SSSR count). The number of nitrogens with one attached hydrogen (secondary N) is 1. The lowest BCUT2D eigenvalue weighted by molar-refractivity contribution is 0.0904. The molecule has 0 saturated carbocycles. The molecule has 0 bridgehead atoms. The van der Waals surface area contributed by atoms with Crippen molar-refractivity contribution in [1.82, 2.24) is 4.98 Å². The number of thiazole rings is 1. The third-order valence-corrected chi connectivity index (χ3v) is 3.58. The number of hydrogen-bond donors (Lipinski definition) is 1. The minimum Gasteiger partial charge on any atom is -0.381 e. The van der Waals surface area contributed by atoms with Crippen molar-refractivity contribution in [2.45, 2.75) is 32.7 Å². The molecule has 0 aliphatic carbocycles. The normalized spacial score (nSPS) is 18.4. The van der Waals surface area contributed by atoms with Crippen molar-refractivity contribution in [1.29, 1.82) is 0 Å². The Morgan fingerprint density at radius 2 is 2.07 bits per heavy atom. The number of aromatic nitrogens is 1. The summed E-state index contributed by atoms with van der Waals surface area (Å²) in [4.78, 5) is 5.78. The van der Waals surface area contributed by atoms with Gasteiger partial charge in [-0.2, -0.15) is 0 Å². The van der Waals surface area contributed by atoms with Gasteiger partial charge >= 0.3 is 0 Å². The first kappa shape index (κ1) is 9.93. The van der Waals surface area contributed by atoms with Gasteiger partial charge in [-0.15, -0.1) is 11.3 Å². The Kier molecular flexibility index (Phi) is 3.03. The Bertz CT molecular complexity index is 286. The van der Waals surface area contributed by atoms with Crippen LogP contribution in [0.3, 0.4) is 0 Å². The van der Waals surface area contributed by atoms with Crippen LogP contribution < -0.4 is 5.32 Å². The second-order valence-electron chi connectivity index (χ2n) is 3.69. The van der Waals surface area contributed by atoms with Crippen molar-refractivity contribution in [3.8, 4) is 0 Å². The molecule has 3 nitrogen and oxygen atoms in total. The number of aryl methyl sites for hydroxylation is 2. The van der Waals surface area contributed by atoms with Crippen LogP contribution >= 0.6 is 11.3 Å². The predicted molar refractivity (Wildman–Crippen MR) is 59.1 cm³/mol. The highest BCUT2D eigenvalue weighted by atomic mass is 32.1. The molecule has 0 unspecified atom stereocenters. The molecule has 1 aromatic rings. The Labute approximate surface area is 88.5 Å². The van der Waals surface area contributed by atoms with Gasteiger partial charge in [-0.1, -0.05) is 0 Å². The van der Waals surface area contributed by atoms with E-state index in [-0.39, 0.29) is 0 Å². The fraction of sp³-hybridized carbons (Fsp3) is 0.700. The summed E-state index contributed by atoms with van der Waals surface area (Å²) in [5, 5.41) is 4.53. The minimum absolute atomic E-state index is 0.550. The van der Waals surface area contributed by atoms with E-state index in [1.54, 1.807) is 11.3 Å². The van der Waals surface area contributed by atoms with Crippen molar-refractivity contribution in [3.05, 3.63) is 10.6 Å². The van der Waals surface area contributed by atoms with Gasteiger partial charge < -0.3 is 10.1 Å². The van der Waals surface area contributed by atoms with E-state index in [0.29, 0.717) is 6.04 Å². The second kappa shape index (κ2) is 4.28. The van der Waals surface area contributed by atoms with Crippen LogP contribution in [0.4, 0.5) is 5.13 Å². The minimum atomic E-state index is 0.550. The quantitative estimate of drug-likeness (QED) is 0.817. The zero-order chi connectivity index (χ0) is 9.97. The molecule has 1 N–H and O–H groups in total. The Morgan fingerprint density at radius 3 is 2.64 bits per heavy atom. The van der Waals surface area contributed by atoms with E-state index in [9.17, 15) is 0 Å². The lowest BCUT2D eigenvalue weighted by Crippen LogP contribution is -2.27. The van der Waals surface area contributed by atoms with Crippen molar-refractivity contribution < 1.29 is 4.74 Å². The van der Waals surface area contributed by atoms with Gasteiger partial charge in [0.1, 0.15) is 0 Å². The molecule has 0 aromatic carbocycles. The molecule has 0 atom stereocenters. The maximum absolute atomic E-state index is 5.31. The van der Waals surface area contributed by atoms with Gasteiger partial charge in [-0.05, 0) is 26.7 Å². The van der Waals surface area contributed by atoms with Crippen molar-refractivity contribution >= 4 is 16.5 Å². The lowest BCUT2D eigenvalue weighted by atomic mass is 10.1. The van der Waals surface area contributed by atoms with Crippen LogP contribution in [0.25, 0.3) is 0 Å². The summed E-state index contributed by atoms with van der Waals surface area (Å²) in [7, 11) is 0. The number of hydrogen-bond acceptors (Lipinski definition) is 4. The summed E-state index contributed by atoms with van der Waals surface area (Å²) in [6.45, 7) is 5.92. The number of nitrogens with zero attached hydrogens (tertiary/aromatic N) is 1. The standard InChI is InChI=1S/C10H16N2OS/c1-7-8(2)14-10(11-7)12-9-3-5-13-6-4-9/h9H,3-6H2,1-2H3,(H,11,12). The number of anilines is 1. The van der Waals surface area contributed by atoms with Crippen LogP contribution in [-0.2, 0) is 4.74 Å². The van der Waals surface area contributed by atoms with Gasteiger partial charge in [0.05, 0.1) is 5.69 Å². The molecule has 14 heavy (non-hydrogen) atoms. The summed E-state index contributed by atoms with van der Waals surface area (Å²) in [5.41, 5.74) is 1.14. The van der Waals surface area contributed by atoms with Crippen molar-refractivity contribution in [2.24, 2.45) is 0 Å². The van der Waals surface area contributed by atoms with E-state index in [0.717, 1.165) is 36.9 Å². The maximum Gasteiger partial charge on any atom is 0.183 e. The topological polar surface area (TPSA) is 34.2 Å². The van der Waals surface area contributed by atoms with Gasteiger partial charge in [0.15, 0.2) is 5.13 Å². The third kappa shape index (κ3) is 2.25. The van der Waals surface area contributed by atoms with E-state index in [1.165, 1.54) is 4.88 Å². The molecule has 1 aliphatic rings. The second-order valence-corrected chi connectivity index (χ2v) is 4.89. The molecule has 4 heteroatoms. The van der Waals surface area contributed by atoms with Crippen LogP contribution in [0.15, 0.2) is 0 Å². The monoisotopic (exact) mass is 212 g/mol. The van der Waals surface area contributed by atoms with Crippen molar-refractivity contribution in [3.63, 3.8) is 0 Å². The fourth-order valence-corrected chi connectivity index (χ4v) is 2.44. The molecule has 0 radical (unpaired) electrons. The molecule has 1 saturated heterocycles. The van der Waals surface area contributed by atoms with Crippen LogP contribution in [0, 0.1) is 13.8 Å². The fourth-order valence-electron chi connectivity index (χ4n) is 1.55. The molecule has 2 heterocycles. The van der Waals surface area contributed by atoms with Crippen LogP contribution in [0.1, 0.15) is 23.4 Å². The van der Waals surface area contributed by atoms with Crippen LogP contribution in [-0.4, -0.2) is 24.2 Å². The maximum atomic E-state index is 5.31. The largest absolute Gasteiger partial charge is 0.381 e. The zero-order valence-corrected chi connectivity index (χ0v) is 9.49. The van der Waals surface area contributed by atoms with E-state index in [4.69, 9.17) is 4.74 Å². The average Bonchev–Trinajstić information content (AvgIpc) is 2.47. The SMILES string of the molecule is Cc1nc(NC2CCOCC2)sc1C. The number of ether oxygens (including phenoxy) is 1. The molecular formula is C10H16N2OS. The van der Waals surface area contributed by atoms with E-state index < -0.39 is 0 Å². The summed E-state index contributed by atoms with van der Waals surface area (Å²) in [6, 6.07) is 0.550. The summed E-state index contributed by atoms with van der Waals surface area (Å²) in [6.07, 6.45) is 2.19. The summed E-state index contributed by atoms with van der Waals surface area (Å²) >= 11 is 1.74. The first-order chi connectivity index (χ1) is 6.75. The summed E-state index contributed by atoms with van der Waals surface area (Å²) in [5.74, 6) is 0. The first-order valence-corrected chi connectivity index (χ1v) is 5.85.